The quantitative estimate of drug-likeness (QED) is 0.738. The van der Waals surface area contributed by atoms with Crippen molar-refractivity contribution >= 4 is 22.7 Å². The maximum Gasteiger partial charge on any atom is 0.439 e. The molecule has 0 aliphatic carbocycles. The van der Waals surface area contributed by atoms with Gasteiger partial charge in [0.05, 0.1) is 11.4 Å². The molecule has 1 aliphatic heterocycles. The molecule has 20 heavy (non-hydrogen) atoms. The number of hydrogen-bond donors (Lipinski definition) is 0. The van der Waals surface area contributed by atoms with Crippen LogP contribution < -0.4 is 10.7 Å². The molecular formula is C16H18N2O2. The van der Waals surface area contributed by atoms with Crippen molar-refractivity contribution < 1.29 is 4.42 Å². The fourth-order valence-electron chi connectivity index (χ4n) is 2.67. The maximum atomic E-state index is 11.8. The first-order chi connectivity index (χ1) is 9.38. The molecular weight excluding hydrogens is 252 g/mol. The van der Waals surface area contributed by atoms with Crippen LogP contribution in [0.3, 0.4) is 0 Å². The lowest BCUT2D eigenvalue weighted by Crippen LogP contribution is -2.23. The number of fused-ring (bicyclic) bond motifs is 3. The summed E-state index contributed by atoms with van der Waals surface area (Å²) in [5, 5.41) is 0.915. The number of benzene rings is 1. The van der Waals surface area contributed by atoms with Crippen LogP contribution in [0.1, 0.15) is 32.0 Å². The Morgan fingerprint density at radius 3 is 2.75 bits per heavy atom. The Kier molecular flexibility index (Phi) is 2.71. The molecule has 1 aromatic heterocycles. The van der Waals surface area contributed by atoms with Crippen LogP contribution in [0, 0.1) is 0 Å². The van der Waals surface area contributed by atoms with Crippen LogP contribution >= 0.6 is 0 Å². The van der Waals surface area contributed by atoms with Crippen molar-refractivity contribution in [1.82, 2.24) is 4.98 Å². The van der Waals surface area contributed by atoms with Crippen molar-refractivity contribution in [3.63, 3.8) is 0 Å². The number of rotatable bonds is 0. The number of hydrogen-bond acceptors (Lipinski definition) is 4. The van der Waals surface area contributed by atoms with E-state index in [1.807, 2.05) is 13.1 Å². The summed E-state index contributed by atoms with van der Waals surface area (Å²) in [4.78, 5) is 18.0. The second-order valence-corrected chi connectivity index (χ2v) is 6.24. The Hall–Kier alpha value is -2.10. The molecule has 0 bridgehead atoms. The summed E-state index contributed by atoms with van der Waals surface area (Å²) in [5.74, 6) is -0.529. The second-order valence-electron chi connectivity index (χ2n) is 6.24. The summed E-state index contributed by atoms with van der Waals surface area (Å²) >= 11 is 0. The van der Waals surface area contributed by atoms with E-state index >= 15 is 0 Å². The number of likely N-dealkylation sites (N-methyl/N-ethyl adjacent to an activating group) is 1. The lowest BCUT2D eigenvalue weighted by Gasteiger charge is -2.26. The SMILES string of the molecule is CN1CC=Cc2ccc3c(C(C)(C)C)nc(=O)oc3c21. The minimum atomic E-state index is -0.529. The highest BCUT2D eigenvalue weighted by molar-refractivity contribution is 5.96. The smallest absolute Gasteiger partial charge is 0.406 e. The molecule has 2 heterocycles. The van der Waals surface area contributed by atoms with Gasteiger partial charge in [-0.25, -0.2) is 4.79 Å². The molecule has 0 N–H and O–H groups in total. The lowest BCUT2D eigenvalue weighted by molar-refractivity contribution is 0.498. The first-order valence-electron chi connectivity index (χ1n) is 6.74. The van der Waals surface area contributed by atoms with Gasteiger partial charge in [-0.1, -0.05) is 39.0 Å². The zero-order valence-corrected chi connectivity index (χ0v) is 12.2. The number of aromatic nitrogens is 1. The average molecular weight is 270 g/mol. The van der Waals surface area contributed by atoms with E-state index in [1.54, 1.807) is 0 Å². The van der Waals surface area contributed by atoms with Crippen LogP contribution in [0.5, 0.6) is 0 Å². The Bertz CT molecular complexity index is 766. The largest absolute Gasteiger partial charge is 0.439 e. The third-order valence-electron chi connectivity index (χ3n) is 3.58. The molecule has 1 aliphatic rings. The van der Waals surface area contributed by atoms with Gasteiger partial charge in [0.15, 0.2) is 5.58 Å². The molecule has 3 rings (SSSR count). The predicted molar refractivity (Wildman–Crippen MR) is 81.3 cm³/mol. The van der Waals surface area contributed by atoms with Gasteiger partial charge in [0.2, 0.25) is 0 Å². The molecule has 4 heteroatoms. The van der Waals surface area contributed by atoms with Crippen LogP contribution in [0.15, 0.2) is 27.4 Å². The van der Waals surface area contributed by atoms with Gasteiger partial charge >= 0.3 is 5.76 Å². The van der Waals surface area contributed by atoms with Gasteiger partial charge in [-0.15, -0.1) is 0 Å². The predicted octanol–water partition coefficient (Wildman–Crippen LogP) is 2.95. The fraction of sp³-hybridized carbons (Fsp3) is 0.375. The molecule has 0 amide bonds. The molecule has 0 radical (unpaired) electrons. The van der Waals surface area contributed by atoms with Crippen LogP contribution in [0.25, 0.3) is 17.0 Å². The van der Waals surface area contributed by atoms with Crippen LogP contribution in [-0.4, -0.2) is 18.6 Å². The summed E-state index contributed by atoms with van der Waals surface area (Å²) in [6, 6.07) is 4.05. The van der Waals surface area contributed by atoms with Crippen molar-refractivity contribution in [2.45, 2.75) is 26.2 Å². The van der Waals surface area contributed by atoms with E-state index in [9.17, 15) is 4.79 Å². The zero-order chi connectivity index (χ0) is 14.5. The molecule has 104 valence electrons. The molecule has 4 nitrogen and oxygen atoms in total. The number of anilines is 1. The Morgan fingerprint density at radius 1 is 1.30 bits per heavy atom. The van der Waals surface area contributed by atoms with Crippen molar-refractivity contribution in [1.29, 1.82) is 0 Å². The van der Waals surface area contributed by atoms with Gasteiger partial charge in [-0.3, -0.25) is 0 Å². The normalized spacial score (nSPS) is 14.7. The van der Waals surface area contributed by atoms with Crippen molar-refractivity contribution in [2.24, 2.45) is 0 Å². The summed E-state index contributed by atoms with van der Waals surface area (Å²) < 4.78 is 5.42. The molecule has 0 fully saturated rings. The van der Waals surface area contributed by atoms with Gasteiger partial charge in [-0.2, -0.15) is 4.98 Å². The maximum absolute atomic E-state index is 11.8. The second kappa shape index (κ2) is 4.20. The van der Waals surface area contributed by atoms with Gasteiger partial charge in [0.1, 0.15) is 0 Å². The van der Waals surface area contributed by atoms with E-state index in [1.165, 1.54) is 0 Å². The van der Waals surface area contributed by atoms with Gasteiger partial charge < -0.3 is 9.32 Å². The molecule has 0 saturated heterocycles. The molecule has 1 aromatic carbocycles. The summed E-state index contributed by atoms with van der Waals surface area (Å²) in [6.45, 7) is 6.97. The minimum Gasteiger partial charge on any atom is -0.406 e. The Labute approximate surface area is 117 Å². The first-order valence-corrected chi connectivity index (χ1v) is 6.74. The summed E-state index contributed by atoms with van der Waals surface area (Å²) in [7, 11) is 2.00. The van der Waals surface area contributed by atoms with Crippen molar-refractivity contribution in [3.8, 4) is 0 Å². The molecule has 0 unspecified atom stereocenters. The van der Waals surface area contributed by atoms with E-state index in [-0.39, 0.29) is 5.41 Å². The highest BCUT2D eigenvalue weighted by Crippen LogP contribution is 2.36. The zero-order valence-electron chi connectivity index (χ0n) is 12.2. The third kappa shape index (κ3) is 1.92. The van der Waals surface area contributed by atoms with Crippen molar-refractivity contribution in [3.05, 3.63) is 40.0 Å². The van der Waals surface area contributed by atoms with Crippen LogP contribution in [0.2, 0.25) is 0 Å². The van der Waals surface area contributed by atoms with E-state index in [0.29, 0.717) is 5.58 Å². The van der Waals surface area contributed by atoms with Gasteiger partial charge in [-0.05, 0) is 6.07 Å². The van der Waals surface area contributed by atoms with Crippen LogP contribution in [-0.2, 0) is 5.41 Å². The summed E-state index contributed by atoms with van der Waals surface area (Å²) in [5.41, 5.74) is 3.26. The fourth-order valence-corrected chi connectivity index (χ4v) is 2.67. The Balaban J connectivity index is 2.46. The topological polar surface area (TPSA) is 46.3 Å². The van der Waals surface area contributed by atoms with E-state index in [4.69, 9.17) is 4.42 Å². The van der Waals surface area contributed by atoms with Crippen LogP contribution in [0.4, 0.5) is 5.69 Å². The Morgan fingerprint density at radius 2 is 2.05 bits per heavy atom. The molecule has 2 aromatic rings. The van der Waals surface area contributed by atoms with Gasteiger partial charge in [0, 0.05) is 30.0 Å². The number of nitrogens with zero attached hydrogens (tertiary/aromatic N) is 2. The first kappa shape index (κ1) is 12.9. The average Bonchev–Trinajstić information content (AvgIpc) is 2.36. The lowest BCUT2D eigenvalue weighted by atomic mass is 9.88. The molecule has 0 atom stereocenters. The van der Waals surface area contributed by atoms with Crippen molar-refractivity contribution in [2.75, 3.05) is 18.5 Å². The minimum absolute atomic E-state index is 0.203. The third-order valence-corrected chi connectivity index (χ3v) is 3.58. The molecule has 0 spiro atoms. The highest BCUT2D eigenvalue weighted by Gasteiger charge is 2.24. The van der Waals surface area contributed by atoms with E-state index in [0.717, 1.165) is 28.9 Å². The van der Waals surface area contributed by atoms with E-state index < -0.39 is 5.76 Å². The standard InChI is InChI=1S/C16H18N2O2/c1-16(2,3)14-11-8-7-10-6-5-9-18(4)12(10)13(11)20-15(19)17-14/h5-8H,9H2,1-4H3. The monoisotopic (exact) mass is 270 g/mol. The highest BCUT2D eigenvalue weighted by atomic mass is 16.4. The summed E-state index contributed by atoms with van der Waals surface area (Å²) in [6.07, 6.45) is 4.16. The van der Waals surface area contributed by atoms with E-state index in [2.05, 4.69) is 48.9 Å². The molecule has 0 saturated carbocycles. The van der Waals surface area contributed by atoms with Gasteiger partial charge in [0.25, 0.3) is 0 Å².